The van der Waals surface area contributed by atoms with E-state index in [-0.39, 0.29) is 23.7 Å². The molecule has 7 heteroatoms. The Morgan fingerprint density at radius 2 is 2.43 bits per heavy atom. The van der Waals surface area contributed by atoms with Crippen LogP contribution in [0.4, 0.5) is 0 Å². The maximum absolute atomic E-state index is 10.7. The molecule has 0 aromatic carbocycles. The fourth-order valence-electron chi connectivity index (χ4n) is 0.905. The maximum Gasteiger partial charge on any atom is 0.337 e. The van der Waals surface area contributed by atoms with Gasteiger partial charge in [0.25, 0.3) is 0 Å². The monoisotopic (exact) mass is 218 g/mol. The lowest BCUT2D eigenvalue weighted by Gasteiger charge is -1.94. The van der Waals surface area contributed by atoms with Crippen LogP contribution in [0.15, 0.2) is 12.3 Å². The summed E-state index contributed by atoms with van der Waals surface area (Å²) in [6.07, 6.45) is 3.50. The standard InChI is InChI=1S/C7H10N4O2.ClH/c1-2-3-5(7(12)13)6-4-9-11(8)10-6;/h3-4H,2,8H2,1H3,(H,12,13);1H. The van der Waals surface area contributed by atoms with Gasteiger partial charge in [0.1, 0.15) is 5.69 Å². The van der Waals surface area contributed by atoms with Crippen molar-refractivity contribution >= 4 is 23.9 Å². The van der Waals surface area contributed by atoms with E-state index in [0.29, 0.717) is 6.42 Å². The average Bonchev–Trinajstić information content (AvgIpc) is 2.46. The van der Waals surface area contributed by atoms with Crippen molar-refractivity contribution in [3.05, 3.63) is 18.0 Å². The molecular weight excluding hydrogens is 208 g/mol. The highest BCUT2D eigenvalue weighted by atomic mass is 35.5. The summed E-state index contributed by atoms with van der Waals surface area (Å²) in [5.41, 5.74) is 0.399. The number of nitrogens with zero attached hydrogens (tertiary/aromatic N) is 3. The van der Waals surface area contributed by atoms with E-state index >= 15 is 0 Å². The summed E-state index contributed by atoms with van der Waals surface area (Å²) in [4.78, 5) is 11.5. The molecule has 1 heterocycles. The van der Waals surface area contributed by atoms with E-state index in [2.05, 4.69) is 10.2 Å². The Morgan fingerprint density at radius 1 is 1.79 bits per heavy atom. The number of nitrogens with two attached hydrogens (primary N) is 1. The van der Waals surface area contributed by atoms with Crippen molar-refractivity contribution in [3.63, 3.8) is 0 Å². The average molecular weight is 219 g/mol. The van der Waals surface area contributed by atoms with Crippen LogP contribution in [0.25, 0.3) is 5.57 Å². The number of nitrogen functional groups attached to an aromatic ring is 1. The van der Waals surface area contributed by atoms with Gasteiger partial charge in [-0.25, -0.2) is 4.79 Å². The van der Waals surface area contributed by atoms with Crippen molar-refractivity contribution in [1.29, 1.82) is 0 Å². The van der Waals surface area contributed by atoms with E-state index in [1.165, 1.54) is 6.20 Å². The van der Waals surface area contributed by atoms with Gasteiger partial charge in [0.15, 0.2) is 0 Å². The lowest BCUT2D eigenvalue weighted by atomic mass is 10.2. The first-order valence-corrected chi connectivity index (χ1v) is 3.76. The van der Waals surface area contributed by atoms with Crippen LogP contribution in [-0.4, -0.2) is 26.2 Å². The second-order valence-corrected chi connectivity index (χ2v) is 2.38. The van der Waals surface area contributed by atoms with Crippen LogP contribution in [-0.2, 0) is 4.79 Å². The Labute approximate surface area is 86.8 Å². The summed E-state index contributed by atoms with van der Waals surface area (Å²) < 4.78 is 0. The van der Waals surface area contributed by atoms with Crippen molar-refractivity contribution in [3.8, 4) is 0 Å². The molecule has 78 valence electrons. The van der Waals surface area contributed by atoms with Gasteiger partial charge >= 0.3 is 5.97 Å². The van der Waals surface area contributed by atoms with E-state index < -0.39 is 5.97 Å². The summed E-state index contributed by atoms with van der Waals surface area (Å²) in [7, 11) is 0. The summed E-state index contributed by atoms with van der Waals surface area (Å²) in [6.45, 7) is 1.84. The number of aliphatic carboxylic acids is 1. The Morgan fingerprint density at radius 3 is 2.79 bits per heavy atom. The number of hydrogen-bond donors (Lipinski definition) is 2. The van der Waals surface area contributed by atoms with Crippen LogP contribution in [0.3, 0.4) is 0 Å². The molecule has 0 saturated heterocycles. The fraction of sp³-hybridized carbons (Fsp3) is 0.286. The molecule has 0 atom stereocenters. The second-order valence-electron chi connectivity index (χ2n) is 2.38. The zero-order chi connectivity index (χ0) is 9.84. The first kappa shape index (κ1) is 12.4. The predicted octanol–water partition coefficient (Wildman–Crippen LogP) is 0.292. The molecule has 3 N–H and O–H groups in total. The molecular formula is C7H11ClN4O2. The van der Waals surface area contributed by atoms with Crippen LogP contribution in [0.5, 0.6) is 0 Å². The second kappa shape index (κ2) is 5.23. The van der Waals surface area contributed by atoms with Crippen LogP contribution in [0.1, 0.15) is 19.0 Å². The van der Waals surface area contributed by atoms with Crippen LogP contribution in [0.2, 0.25) is 0 Å². The minimum absolute atomic E-state index is 0. The SMILES string of the molecule is CCC=C(C(=O)O)c1cnn(N)n1.Cl. The quantitative estimate of drug-likeness (QED) is 0.562. The van der Waals surface area contributed by atoms with Gasteiger partial charge in [-0.05, 0) is 6.42 Å². The Kier molecular flexibility index (Phi) is 4.65. The third-order valence-corrected chi connectivity index (χ3v) is 1.42. The lowest BCUT2D eigenvalue weighted by molar-refractivity contribution is -0.130. The number of carboxylic acids is 1. The van der Waals surface area contributed by atoms with E-state index in [4.69, 9.17) is 10.9 Å². The Bertz CT molecular complexity index is 347. The maximum atomic E-state index is 10.7. The van der Waals surface area contributed by atoms with Gasteiger partial charge in [-0.15, -0.1) is 22.6 Å². The third kappa shape index (κ3) is 2.74. The molecule has 0 unspecified atom stereocenters. The number of hydrogen-bond acceptors (Lipinski definition) is 4. The Balaban J connectivity index is 0.00000169. The van der Waals surface area contributed by atoms with Crippen LogP contribution < -0.4 is 5.84 Å². The molecule has 0 spiro atoms. The highest BCUT2D eigenvalue weighted by Gasteiger charge is 2.12. The van der Waals surface area contributed by atoms with E-state index in [0.717, 1.165) is 4.91 Å². The molecule has 0 radical (unpaired) electrons. The summed E-state index contributed by atoms with van der Waals surface area (Å²) >= 11 is 0. The molecule has 0 aliphatic carbocycles. The van der Waals surface area contributed by atoms with Gasteiger partial charge in [-0.3, -0.25) is 0 Å². The van der Waals surface area contributed by atoms with E-state index in [1.807, 2.05) is 6.92 Å². The molecule has 0 aliphatic heterocycles. The Hall–Kier alpha value is -1.56. The molecule has 14 heavy (non-hydrogen) atoms. The third-order valence-electron chi connectivity index (χ3n) is 1.42. The normalized spacial score (nSPS) is 10.8. The zero-order valence-corrected chi connectivity index (χ0v) is 8.36. The van der Waals surface area contributed by atoms with Gasteiger partial charge in [0.2, 0.25) is 0 Å². The van der Waals surface area contributed by atoms with Crippen molar-refractivity contribution in [2.45, 2.75) is 13.3 Å². The summed E-state index contributed by atoms with van der Waals surface area (Å²) in [6, 6.07) is 0. The minimum Gasteiger partial charge on any atom is -0.478 e. The smallest absolute Gasteiger partial charge is 0.337 e. The number of aromatic nitrogens is 3. The number of rotatable bonds is 3. The summed E-state index contributed by atoms with van der Waals surface area (Å²) in [5.74, 6) is 4.16. The minimum atomic E-state index is -1.03. The lowest BCUT2D eigenvalue weighted by Crippen LogP contribution is -2.12. The van der Waals surface area contributed by atoms with Crippen molar-refractivity contribution in [2.24, 2.45) is 0 Å². The van der Waals surface area contributed by atoms with Crippen molar-refractivity contribution in [1.82, 2.24) is 15.1 Å². The first-order valence-electron chi connectivity index (χ1n) is 3.76. The van der Waals surface area contributed by atoms with Gasteiger partial charge in [0, 0.05) is 0 Å². The molecule has 0 amide bonds. The van der Waals surface area contributed by atoms with E-state index in [1.54, 1.807) is 6.08 Å². The van der Waals surface area contributed by atoms with E-state index in [9.17, 15) is 4.79 Å². The molecule has 1 aromatic heterocycles. The number of carbonyl (C=O) groups is 1. The topological polar surface area (TPSA) is 94.0 Å². The first-order chi connectivity index (χ1) is 6.15. The van der Waals surface area contributed by atoms with Crippen LogP contribution in [0, 0.1) is 0 Å². The van der Waals surface area contributed by atoms with Crippen molar-refractivity contribution in [2.75, 3.05) is 5.84 Å². The molecule has 0 fully saturated rings. The molecule has 0 aliphatic rings. The number of carboxylic acid groups (broad SMARTS) is 1. The molecule has 0 bridgehead atoms. The molecule has 1 aromatic rings. The van der Waals surface area contributed by atoms with Gasteiger partial charge < -0.3 is 10.9 Å². The van der Waals surface area contributed by atoms with Gasteiger partial charge in [0.05, 0.1) is 11.8 Å². The molecule has 0 saturated carbocycles. The molecule has 6 nitrogen and oxygen atoms in total. The zero-order valence-electron chi connectivity index (χ0n) is 7.54. The molecule has 1 rings (SSSR count). The van der Waals surface area contributed by atoms with Gasteiger partial charge in [-0.1, -0.05) is 17.9 Å². The predicted molar refractivity (Wildman–Crippen MR) is 53.3 cm³/mol. The highest BCUT2D eigenvalue weighted by molar-refractivity contribution is 6.14. The number of allylic oxidation sites excluding steroid dienone is 1. The number of halogens is 1. The fourth-order valence-corrected chi connectivity index (χ4v) is 0.905. The van der Waals surface area contributed by atoms with Crippen molar-refractivity contribution < 1.29 is 9.90 Å². The van der Waals surface area contributed by atoms with Crippen LogP contribution >= 0.6 is 12.4 Å². The highest BCUT2D eigenvalue weighted by Crippen LogP contribution is 2.10. The largest absolute Gasteiger partial charge is 0.478 e. The summed E-state index contributed by atoms with van der Waals surface area (Å²) in [5, 5.41) is 16.0. The van der Waals surface area contributed by atoms with Gasteiger partial charge in [-0.2, -0.15) is 0 Å².